The number of aliphatic hydroxyl groups excluding tert-OH is 1. The first-order valence-electron chi connectivity index (χ1n) is 5.21. The third kappa shape index (κ3) is 2.87. The molecule has 0 bridgehead atoms. The van der Waals surface area contributed by atoms with Crippen LogP contribution in [0.5, 0.6) is 0 Å². The number of rotatable bonds is 5. The number of likely N-dealkylation sites (tertiary alicyclic amines) is 1. The van der Waals surface area contributed by atoms with E-state index in [1.165, 1.54) is 0 Å². The highest BCUT2D eigenvalue weighted by atomic mass is 16.3. The summed E-state index contributed by atoms with van der Waals surface area (Å²) in [6.45, 7) is 4.12. The lowest BCUT2D eigenvalue weighted by molar-refractivity contribution is 0.157. The molecule has 5 nitrogen and oxygen atoms in total. The molecule has 80 valence electrons. The Labute approximate surface area is 84.3 Å². The molecular formula is C9H18N4O. The molecule has 0 spiro atoms. The first kappa shape index (κ1) is 11.3. The topological polar surface area (TPSA) is 72.2 Å². The largest absolute Gasteiger partial charge is 0.395 e. The van der Waals surface area contributed by atoms with Crippen LogP contribution >= 0.6 is 0 Å². The van der Waals surface area contributed by atoms with Crippen molar-refractivity contribution >= 4 is 0 Å². The van der Waals surface area contributed by atoms with E-state index in [-0.39, 0.29) is 18.7 Å². The standard InChI is InChI=1S/C9H18N4O/c1-2-3-4-13-6-8(11-12-10)5-9(13)7-14/h8-9,14H,2-7H2,1H3/t8-,9-/m0/s1. The second kappa shape index (κ2) is 5.86. The van der Waals surface area contributed by atoms with E-state index in [0.29, 0.717) is 0 Å². The number of nitrogens with zero attached hydrogens (tertiary/aromatic N) is 4. The number of hydrogen-bond donors (Lipinski definition) is 1. The van der Waals surface area contributed by atoms with Crippen molar-refractivity contribution in [3.63, 3.8) is 0 Å². The molecule has 0 aromatic carbocycles. The van der Waals surface area contributed by atoms with Crippen molar-refractivity contribution in [3.8, 4) is 0 Å². The quantitative estimate of drug-likeness (QED) is 0.413. The van der Waals surface area contributed by atoms with Gasteiger partial charge >= 0.3 is 0 Å². The summed E-state index contributed by atoms with van der Waals surface area (Å²) in [5, 5.41) is 12.9. The molecule has 0 saturated carbocycles. The van der Waals surface area contributed by atoms with Crippen LogP contribution < -0.4 is 0 Å². The maximum atomic E-state index is 9.15. The lowest BCUT2D eigenvalue weighted by atomic mass is 10.2. The van der Waals surface area contributed by atoms with Crippen LogP contribution in [0.3, 0.4) is 0 Å². The molecule has 1 heterocycles. The second-order valence-corrected chi connectivity index (χ2v) is 3.78. The summed E-state index contributed by atoms with van der Waals surface area (Å²) in [5.41, 5.74) is 8.33. The zero-order valence-corrected chi connectivity index (χ0v) is 8.63. The summed E-state index contributed by atoms with van der Waals surface area (Å²) in [7, 11) is 0. The average Bonchev–Trinajstić information content (AvgIpc) is 2.58. The predicted octanol–water partition coefficient (Wildman–Crippen LogP) is 1.53. The van der Waals surface area contributed by atoms with Crippen molar-refractivity contribution < 1.29 is 5.11 Å². The van der Waals surface area contributed by atoms with Gasteiger partial charge in [-0.15, -0.1) is 0 Å². The van der Waals surface area contributed by atoms with Crippen molar-refractivity contribution in [2.45, 2.75) is 38.3 Å². The fourth-order valence-corrected chi connectivity index (χ4v) is 1.94. The molecule has 1 N–H and O–H groups in total. The molecule has 5 heteroatoms. The molecule has 0 aromatic heterocycles. The first-order chi connectivity index (χ1) is 6.81. The summed E-state index contributed by atoms with van der Waals surface area (Å²) >= 11 is 0. The molecule has 1 aliphatic rings. The molecule has 14 heavy (non-hydrogen) atoms. The molecule has 0 aliphatic carbocycles. The summed E-state index contributed by atoms with van der Waals surface area (Å²) in [6.07, 6.45) is 3.09. The Kier molecular flexibility index (Phi) is 4.73. The Balaban J connectivity index is 2.44. The highest BCUT2D eigenvalue weighted by Gasteiger charge is 2.30. The van der Waals surface area contributed by atoms with E-state index in [1.54, 1.807) is 0 Å². The minimum absolute atomic E-state index is 0.0500. The molecule has 1 aliphatic heterocycles. The van der Waals surface area contributed by atoms with Crippen LogP contribution in [0.15, 0.2) is 5.11 Å². The number of aliphatic hydroxyl groups is 1. The van der Waals surface area contributed by atoms with E-state index >= 15 is 0 Å². The third-order valence-corrected chi connectivity index (χ3v) is 2.73. The first-order valence-corrected chi connectivity index (χ1v) is 5.21. The van der Waals surface area contributed by atoms with Crippen molar-refractivity contribution in [2.24, 2.45) is 5.11 Å². The van der Waals surface area contributed by atoms with Crippen LogP contribution in [-0.2, 0) is 0 Å². The van der Waals surface area contributed by atoms with Crippen molar-refractivity contribution in [3.05, 3.63) is 10.4 Å². The van der Waals surface area contributed by atoms with Gasteiger partial charge in [0.25, 0.3) is 0 Å². The van der Waals surface area contributed by atoms with Gasteiger partial charge in [0.2, 0.25) is 0 Å². The average molecular weight is 198 g/mol. The molecule has 0 amide bonds. The van der Waals surface area contributed by atoms with Gasteiger partial charge in [-0.3, -0.25) is 4.90 Å². The summed E-state index contributed by atoms with van der Waals surface area (Å²) in [4.78, 5) is 5.04. The number of azide groups is 1. The fourth-order valence-electron chi connectivity index (χ4n) is 1.94. The maximum absolute atomic E-state index is 9.15. The number of hydrogen-bond acceptors (Lipinski definition) is 3. The molecule has 0 radical (unpaired) electrons. The minimum atomic E-state index is 0.0500. The van der Waals surface area contributed by atoms with Crippen LogP contribution in [-0.4, -0.2) is 41.8 Å². The highest BCUT2D eigenvalue weighted by Crippen LogP contribution is 2.20. The van der Waals surface area contributed by atoms with Gasteiger partial charge < -0.3 is 5.11 Å². The van der Waals surface area contributed by atoms with Crippen molar-refractivity contribution in [1.82, 2.24) is 4.90 Å². The Hall–Kier alpha value is -0.770. The Morgan fingerprint density at radius 2 is 2.43 bits per heavy atom. The molecule has 0 unspecified atom stereocenters. The third-order valence-electron chi connectivity index (χ3n) is 2.73. The van der Waals surface area contributed by atoms with Gasteiger partial charge in [0.15, 0.2) is 0 Å². The van der Waals surface area contributed by atoms with E-state index in [2.05, 4.69) is 21.8 Å². The molecule has 1 fully saturated rings. The summed E-state index contributed by atoms with van der Waals surface area (Å²) in [5.74, 6) is 0. The van der Waals surface area contributed by atoms with Gasteiger partial charge in [0, 0.05) is 17.5 Å². The molecular weight excluding hydrogens is 180 g/mol. The lowest BCUT2D eigenvalue weighted by Gasteiger charge is -2.21. The Morgan fingerprint density at radius 3 is 3.00 bits per heavy atom. The van der Waals surface area contributed by atoms with Gasteiger partial charge in [0.1, 0.15) is 0 Å². The van der Waals surface area contributed by atoms with E-state index < -0.39 is 0 Å². The summed E-state index contributed by atoms with van der Waals surface area (Å²) in [6, 6.07) is 0.242. The van der Waals surface area contributed by atoms with Crippen LogP contribution in [0.4, 0.5) is 0 Å². The smallest absolute Gasteiger partial charge is 0.0586 e. The Morgan fingerprint density at radius 1 is 1.64 bits per heavy atom. The normalized spacial score (nSPS) is 27.6. The molecule has 1 rings (SSSR count). The zero-order valence-electron chi connectivity index (χ0n) is 8.63. The van der Waals surface area contributed by atoms with Crippen LogP contribution in [0.25, 0.3) is 10.4 Å². The lowest BCUT2D eigenvalue weighted by Crippen LogP contribution is -2.33. The van der Waals surface area contributed by atoms with Gasteiger partial charge in [-0.25, -0.2) is 0 Å². The van der Waals surface area contributed by atoms with Gasteiger partial charge in [-0.2, -0.15) is 0 Å². The Bertz CT molecular complexity index is 215. The van der Waals surface area contributed by atoms with E-state index in [0.717, 1.165) is 32.4 Å². The maximum Gasteiger partial charge on any atom is 0.0586 e. The fraction of sp³-hybridized carbons (Fsp3) is 1.00. The minimum Gasteiger partial charge on any atom is -0.395 e. The van der Waals surface area contributed by atoms with Crippen LogP contribution in [0, 0.1) is 0 Å². The summed E-state index contributed by atoms with van der Waals surface area (Å²) < 4.78 is 0. The van der Waals surface area contributed by atoms with Gasteiger partial charge in [0.05, 0.1) is 12.6 Å². The van der Waals surface area contributed by atoms with E-state index in [4.69, 9.17) is 10.6 Å². The van der Waals surface area contributed by atoms with E-state index in [1.807, 2.05) is 0 Å². The molecule has 2 atom stereocenters. The van der Waals surface area contributed by atoms with Gasteiger partial charge in [-0.1, -0.05) is 18.5 Å². The predicted molar refractivity (Wildman–Crippen MR) is 54.9 cm³/mol. The number of unbranched alkanes of at least 4 members (excludes halogenated alkanes) is 1. The molecule has 0 aromatic rings. The highest BCUT2D eigenvalue weighted by molar-refractivity contribution is 4.88. The van der Waals surface area contributed by atoms with Crippen LogP contribution in [0.2, 0.25) is 0 Å². The van der Waals surface area contributed by atoms with Crippen molar-refractivity contribution in [2.75, 3.05) is 19.7 Å². The van der Waals surface area contributed by atoms with Gasteiger partial charge in [-0.05, 0) is 24.9 Å². The zero-order chi connectivity index (χ0) is 10.4. The SMILES string of the molecule is CCCCN1C[C@@H](N=[N+]=[N-])C[C@H]1CO. The van der Waals surface area contributed by atoms with Crippen LogP contribution in [0.1, 0.15) is 26.2 Å². The monoisotopic (exact) mass is 198 g/mol. The van der Waals surface area contributed by atoms with Crippen molar-refractivity contribution in [1.29, 1.82) is 0 Å². The van der Waals surface area contributed by atoms with E-state index in [9.17, 15) is 0 Å². The molecule has 1 saturated heterocycles. The second-order valence-electron chi connectivity index (χ2n) is 3.78.